The first-order chi connectivity index (χ1) is 12.5. The first-order valence-electron chi connectivity index (χ1n) is 8.92. The third kappa shape index (κ3) is 2.88. The highest BCUT2D eigenvalue weighted by Gasteiger charge is 2.10. The SMILES string of the molecule is Cc1ccc(-c2ccc(N(C)c3ccc4occc4c3)c(C)c2)cc1C. The number of hydrogen-bond donors (Lipinski definition) is 0. The smallest absolute Gasteiger partial charge is 0.133 e. The van der Waals surface area contributed by atoms with E-state index in [-0.39, 0.29) is 0 Å². The van der Waals surface area contributed by atoms with Crippen LogP contribution < -0.4 is 4.90 Å². The molecule has 0 atom stereocenters. The monoisotopic (exact) mass is 341 g/mol. The molecular weight excluding hydrogens is 318 g/mol. The molecule has 0 aliphatic heterocycles. The lowest BCUT2D eigenvalue weighted by atomic mass is 9.98. The Labute approximate surface area is 154 Å². The van der Waals surface area contributed by atoms with E-state index >= 15 is 0 Å². The van der Waals surface area contributed by atoms with Crippen LogP contribution in [0.4, 0.5) is 11.4 Å². The Balaban J connectivity index is 1.69. The molecule has 4 aromatic rings. The van der Waals surface area contributed by atoms with Crippen LogP contribution in [0.2, 0.25) is 0 Å². The van der Waals surface area contributed by atoms with Crippen molar-refractivity contribution in [2.75, 3.05) is 11.9 Å². The van der Waals surface area contributed by atoms with Gasteiger partial charge in [0, 0.05) is 23.8 Å². The number of benzene rings is 3. The van der Waals surface area contributed by atoms with Gasteiger partial charge in [0.15, 0.2) is 0 Å². The summed E-state index contributed by atoms with van der Waals surface area (Å²) in [5.74, 6) is 0. The van der Waals surface area contributed by atoms with Gasteiger partial charge in [0.25, 0.3) is 0 Å². The van der Waals surface area contributed by atoms with E-state index in [1.807, 2.05) is 12.1 Å². The minimum atomic E-state index is 0.920. The molecule has 26 heavy (non-hydrogen) atoms. The molecule has 2 nitrogen and oxygen atoms in total. The fraction of sp³-hybridized carbons (Fsp3) is 0.167. The van der Waals surface area contributed by atoms with Gasteiger partial charge in [0.1, 0.15) is 5.58 Å². The molecule has 0 saturated carbocycles. The molecule has 130 valence electrons. The zero-order chi connectivity index (χ0) is 18.3. The summed E-state index contributed by atoms with van der Waals surface area (Å²) in [4.78, 5) is 2.23. The predicted molar refractivity (Wildman–Crippen MR) is 110 cm³/mol. The zero-order valence-electron chi connectivity index (χ0n) is 15.7. The van der Waals surface area contributed by atoms with E-state index < -0.39 is 0 Å². The normalized spacial score (nSPS) is 11.1. The average molecular weight is 341 g/mol. The van der Waals surface area contributed by atoms with Crippen molar-refractivity contribution < 1.29 is 4.42 Å². The predicted octanol–water partition coefficient (Wildman–Crippen LogP) is 6.79. The van der Waals surface area contributed by atoms with Crippen molar-refractivity contribution in [3.8, 4) is 11.1 Å². The van der Waals surface area contributed by atoms with Gasteiger partial charge < -0.3 is 9.32 Å². The lowest BCUT2D eigenvalue weighted by molar-refractivity contribution is 0.616. The van der Waals surface area contributed by atoms with Crippen LogP contribution in [0.3, 0.4) is 0 Å². The van der Waals surface area contributed by atoms with Gasteiger partial charge in [-0.15, -0.1) is 0 Å². The maximum absolute atomic E-state index is 5.45. The van der Waals surface area contributed by atoms with Crippen molar-refractivity contribution >= 4 is 22.3 Å². The molecule has 0 radical (unpaired) electrons. The highest BCUT2D eigenvalue weighted by molar-refractivity contribution is 5.83. The van der Waals surface area contributed by atoms with Crippen molar-refractivity contribution in [1.29, 1.82) is 0 Å². The Hall–Kier alpha value is -3.00. The highest BCUT2D eigenvalue weighted by Crippen LogP contribution is 2.32. The summed E-state index contributed by atoms with van der Waals surface area (Å²) < 4.78 is 5.45. The molecule has 1 aromatic heterocycles. The first-order valence-corrected chi connectivity index (χ1v) is 8.92. The number of aryl methyl sites for hydroxylation is 3. The molecule has 0 saturated heterocycles. The summed E-state index contributed by atoms with van der Waals surface area (Å²) in [5, 5.41) is 1.12. The van der Waals surface area contributed by atoms with Crippen molar-refractivity contribution in [1.82, 2.24) is 0 Å². The molecule has 3 aromatic carbocycles. The maximum Gasteiger partial charge on any atom is 0.133 e. The number of nitrogens with zero attached hydrogens (tertiary/aromatic N) is 1. The van der Waals surface area contributed by atoms with E-state index in [4.69, 9.17) is 4.42 Å². The molecule has 0 amide bonds. The second kappa shape index (κ2) is 6.38. The summed E-state index contributed by atoms with van der Waals surface area (Å²) in [6.07, 6.45) is 1.73. The molecule has 0 unspecified atom stereocenters. The Bertz CT molecular complexity index is 1090. The molecule has 4 rings (SSSR count). The van der Waals surface area contributed by atoms with E-state index in [1.165, 1.54) is 33.5 Å². The quantitative estimate of drug-likeness (QED) is 0.408. The summed E-state index contributed by atoms with van der Waals surface area (Å²) in [6.45, 7) is 6.49. The van der Waals surface area contributed by atoms with E-state index in [9.17, 15) is 0 Å². The Morgan fingerprint density at radius 1 is 0.692 bits per heavy atom. The van der Waals surface area contributed by atoms with Crippen LogP contribution >= 0.6 is 0 Å². The van der Waals surface area contributed by atoms with Crippen LogP contribution in [0, 0.1) is 20.8 Å². The minimum Gasteiger partial charge on any atom is -0.464 e. The fourth-order valence-electron chi connectivity index (χ4n) is 3.43. The molecule has 0 aliphatic rings. The van der Waals surface area contributed by atoms with Crippen molar-refractivity contribution in [2.24, 2.45) is 0 Å². The number of fused-ring (bicyclic) bond motifs is 1. The van der Waals surface area contributed by atoms with Crippen LogP contribution in [0.5, 0.6) is 0 Å². The van der Waals surface area contributed by atoms with Gasteiger partial charge in [0.2, 0.25) is 0 Å². The Morgan fingerprint density at radius 3 is 2.15 bits per heavy atom. The molecule has 0 spiro atoms. The second-order valence-electron chi connectivity index (χ2n) is 7.00. The van der Waals surface area contributed by atoms with Crippen LogP contribution in [0.15, 0.2) is 71.3 Å². The lowest BCUT2D eigenvalue weighted by Gasteiger charge is -2.22. The fourth-order valence-corrected chi connectivity index (χ4v) is 3.43. The molecule has 0 aliphatic carbocycles. The van der Waals surface area contributed by atoms with Gasteiger partial charge in [-0.3, -0.25) is 0 Å². The highest BCUT2D eigenvalue weighted by atomic mass is 16.3. The molecule has 0 fully saturated rings. The number of hydrogen-bond acceptors (Lipinski definition) is 2. The van der Waals surface area contributed by atoms with Crippen LogP contribution in [-0.4, -0.2) is 7.05 Å². The first kappa shape index (κ1) is 16.5. The zero-order valence-corrected chi connectivity index (χ0v) is 15.7. The second-order valence-corrected chi connectivity index (χ2v) is 7.00. The minimum absolute atomic E-state index is 0.920. The third-order valence-electron chi connectivity index (χ3n) is 5.22. The number of furan rings is 1. The standard InChI is InChI=1S/C24H23NO/c1-16-5-6-19(13-17(16)2)20-7-9-23(18(3)14-20)25(4)22-8-10-24-21(15-22)11-12-26-24/h5-15H,1-4H3. The van der Waals surface area contributed by atoms with E-state index in [2.05, 4.69) is 81.2 Å². The lowest BCUT2D eigenvalue weighted by Crippen LogP contribution is -2.10. The van der Waals surface area contributed by atoms with E-state index in [0.717, 1.165) is 16.7 Å². The van der Waals surface area contributed by atoms with Gasteiger partial charge in [-0.1, -0.05) is 24.3 Å². The summed E-state index contributed by atoms with van der Waals surface area (Å²) in [6, 6.07) is 21.6. The summed E-state index contributed by atoms with van der Waals surface area (Å²) in [7, 11) is 2.11. The molecular formula is C24H23NO. The van der Waals surface area contributed by atoms with Crippen LogP contribution in [0.1, 0.15) is 16.7 Å². The van der Waals surface area contributed by atoms with Gasteiger partial charge in [-0.25, -0.2) is 0 Å². The van der Waals surface area contributed by atoms with E-state index in [0.29, 0.717) is 0 Å². The van der Waals surface area contributed by atoms with Gasteiger partial charge in [-0.2, -0.15) is 0 Å². The maximum atomic E-state index is 5.45. The van der Waals surface area contributed by atoms with E-state index in [1.54, 1.807) is 6.26 Å². The molecule has 0 N–H and O–H groups in total. The summed E-state index contributed by atoms with van der Waals surface area (Å²) in [5.41, 5.74) is 9.73. The molecule has 2 heteroatoms. The average Bonchev–Trinajstić information content (AvgIpc) is 3.11. The van der Waals surface area contributed by atoms with Gasteiger partial charge in [-0.05, 0) is 85.0 Å². The van der Waals surface area contributed by atoms with Crippen molar-refractivity contribution in [2.45, 2.75) is 20.8 Å². The van der Waals surface area contributed by atoms with Gasteiger partial charge >= 0.3 is 0 Å². The number of anilines is 2. The third-order valence-corrected chi connectivity index (χ3v) is 5.22. The molecule has 0 bridgehead atoms. The van der Waals surface area contributed by atoms with Gasteiger partial charge in [0.05, 0.1) is 6.26 Å². The molecule has 1 heterocycles. The Morgan fingerprint density at radius 2 is 1.42 bits per heavy atom. The van der Waals surface area contributed by atoms with Crippen molar-refractivity contribution in [3.63, 3.8) is 0 Å². The van der Waals surface area contributed by atoms with Crippen LogP contribution in [0.25, 0.3) is 22.1 Å². The van der Waals surface area contributed by atoms with Crippen molar-refractivity contribution in [3.05, 3.63) is 83.6 Å². The Kier molecular flexibility index (Phi) is 4.04. The number of rotatable bonds is 3. The topological polar surface area (TPSA) is 16.4 Å². The van der Waals surface area contributed by atoms with Crippen LogP contribution in [-0.2, 0) is 0 Å². The largest absolute Gasteiger partial charge is 0.464 e. The summed E-state index contributed by atoms with van der Waals surface area (Å²) >= 11 is 0.